The third-order valence-corrected chi connectivity index (χ3v) is 2.84. The average Bonchev–Trinajstić information content (AvgIpc) is 2.52. The van der Waals surface area contributed by atoms with Crippen molar-refractivity contribution in [2.24, 2.45) is 4.99 Å². The van der Waals surface area contributed by atoms with E-state index in [1.54, 1.807) is 11.9 Å². The normalized spacial score (nSPS) is 20.8. The van der Waals surface area contributed by atoms with Crippen LogP contribution in [0.15, 0.2) is 35.3 Å². The zero-order valence-corrected chi connectivity index (χ0v) is 10.4. The van der Waals surface area contributed by atoms with Crippen molar-refractivity contribution in [2.45, 2.75) is 25.9 Å². The Balaban J connectivity index is 2.12. The fourth-order valence-corrected chi connectivity index (χ4v) is 1.83. The largest absolute Gasteiger partial charge is 0.342 e. The lowest BCUT2D eigenvalue weighted by atomic mass is 10.1. The molecule has 4 heteroatoms. The van der Waals surface area contributed by atoms with Crippen LogP contribution >= 0.6 is 0 Å². The van der Waals surface area contributed by atoms with E-state index in [2.05, 4.69) is 10.3 Å². The van der Waals surface area contributed by atoms with Gasteiger partial charge in [0.1, 0.15) is 5.54 Å². The molecule has 1 heterocycles. The van der Waals surface area contributed by atoms with Crippen LogP contribution in [0.2, 0.25) is 0 Å². The first-order chi connectivity index (χ1) is 8.00. The molecule has 1 aromatic rings. The maximum atomic E-state index is 11.8. The quantitative estimate of drug-likeness (QED) is 0.835. The van der Waals surface area contributed by atoms with Crippen LogP contribution in [0.4, 0.5) is 0 Å². The summed E-state index contributed by atoms with van der Waals surface area (Å²) in [7, 11) is 1.74. The van der Waals surface area contributed by atoms with E-state index in [1.165, 1.54) is 0 Å². The second-order valence-electron chi connectivity index (χ2n) is 4.74. The van der Waals surface area contributed by atoms with Gasteiger partial charge in [0.25, 0.3) is 5.91 Å². The van der Waals surface area contributed by atoms with Gasteiger partial charge in [-0.3, -0.25) is 9.69 Å². The summed E-state index contributed by atoms with van der Waals surface area (Å²) in [5, 5.41) is 3.13. The van der Waals surface area contributed by atoms with E-state index in [-0.39, 0.29) is 5.91 Å². The van der Waals surface area contributed by atoms with Crippen LogP contribution in [-0.4, -0.2) is 29.4 Å². The Morgan fingerprint density at radius 1 is 1.29 bits per heavy atom. The molecule has 2 rings (SSSR count). The lowest BCUT2D eigenvalue weighted by Gasteiger charge is -2.13. The van der Waals surface area contributed by atoms with Gasteiger partial charge in [-0.2, -0.15) is 0 Å². The van der Waals surface area contributed by atoms with Crippen molar-refractivity contribution in [3.05, 3.63) is 35.9 Å². The maximum absolute atomic E-state index is 11.8. The van der Waals surface area contributed by atoms with E-state index < -0.39 is 5.54 Å². The predicted octanol–water partition coefficient (Wildman–Crippen LogP) is 1.38. The molecule has 17 heavy (non-hydrogen) atoms. The van der Waals surface area contributed by atoms with E-state index in [4.69, 9.17) is 0 Å². The van der Waals surface area contributed by atoms with Crippen LogP contribution in [0.3, 0.4) is 0 Å². The van der Waals surface area contributed by atoms with Gasteiger partial charge in [0.2, 0.25) is 5.96 Å². The van der Waals surface area contributed by atoms with Gasteiger partial charge in [0, 0.05) is 7.05 Å². The van der Waals surface area contributed by atoms with Crippen molar-refractivity contribution < 1.29 is 4.79 Å². The van der Waals surface area contributed by atoms with Crippen molar-refractivity contribution in [1.29, 1.82) is 0 Å². The van der Waals surface area contributed by atoms with Gasteiger partial charge in [-0.05, 0) is 19.4 Å². The summed E-state index contributed by atoms with van der Waals surface area (Å²) in [5.41, 5.74) is 0.580. The van der Waals surface area contributed by atoms with Gasteiger partial charge in [-0.1, -0.05) is 30.3 Å². The lowest BCUT2D eigenvalue weighted by Crippen LogP contribution is -2.40. The molecule has 1 aliphatic heterocycles. The molecule has 0 radical (unpaired) electrons. The molecule has 0 spiro atoms. The zero-order valence-electron chi connectivity index (χ0n) is 10.4. The van der Waals surface area contributed by atoms with Gasteiger partial charge in [-0.25, -0.2) is 4.99 Å². The first-order valence-electron chi connectivity index (χ1n) is 5.65. The highest BCUT2D eigenvalue weighted by Gasteiger charge is 2.40. The number of benzene rings is 1. The van der Waals surface area contributed by atoms with Crippen LogP contribution in [0.5, 0.6) is 0 Å². The summed E-state index contributed by atoms with van der Waals surface area (Å²) in [6.45, 7) is 4.30. The number of amides is 1. The van der Waals surface area contributed by atoms with Crippen molar-refractivity contribution in [3.8, 4) is 0 Å². The van der Waals surface area contributed by atoms with E-state index in [1.807, 2.05) is 44.2 Å². The number of nitrogens with one attached hydrogen (secondary N) is 1. The van der Waals surface area contributed by atoms with E-state index in [9.17, 15) is 4.79 Å². The fourth-order valence-electron chi connectivity index (χ4n) is 1.83. The molecule has 1 saturated heterocycles. The molecular formula is C13H17N3O. The molecule has 1 aromatic carbocycles. The third kappa shape index (κ3) is 2.30. The SMILES string of the molecule is CN1C(=O)C(C)(C)NC1=NCc1ccccc1. The Kier molecular flexibility index (Phi) is 2.88. The summed E-state index contributed by atoms with van der Waals surface area (Å²) < 4.78 is 0. The molecular weight excluding hydrogens is 214 g/mol. The molecule has 1 N–H and O–H groups in total. The average molecular weight is 231 g/mol. The summed E-state index contributed by atoms with van der Waals surface area (Å²) in [6.07, 6.45) is 0. The molecule has 1 amide bonds. The number of aliphatic imine (C=N–C) groups is 1. The fraction of sp³-hybridized carbons (Fsp3) is 0.385. The monoisotopic (exact) mass is 231 g/mol. The highest BCUT2D eigenvalue weighted by Crippen LogP contribution is 2.15. The predicted molar refractivity (Wildman–Crippen MR) is 67.6 cm³/mol. The van der Waals surface area contributed by atoms with Gasteiger partial charge in [0.05, 0.1) is 6.54 Å². The second kappa shape index (κ2) is 4.20. The molecule has 1 fully saturated rings. The van der Waals surface area contributed by atoms with Gasteiger partial charge < -0.3 is 5.32 Å². The number of hydrogen-bond acceptors (Lipinski definition) is 2. The summed E-state index contributed by atoms with van der Waals surface area (Å²) in [4.78, 5) is 17.8. The number of nitrogens with zero attached hydrogens (tertiary/aromatic N) is 2. The highest BCUT2D eigenvalue weighted by atomic mass is 16.2. The van der Waals surface area contributed by atoms with Crippen molar-refractivity contribution in [2.75, 3.05) is 7.05 Å². The Labute approximate surface area is 101 Å². The number of guanidine groups is 1. The standard InChI is InChI=1S/C13H17N3O/c1-13(2)11(17)16(3)12(15-13)14-9-10-7-5-4-6-8-10/h4-8H,9H2,1-3H3,(H,14,15). The smallest absolute Gasteiger partial charge is 0.254 e. The van der Waals surface area contributed by atoms with Crippen LogP contribution < -0.4 is 5.32 Å². The topological polar surface area (TPSA) is 44.7 Å². The first kappa shape index (κ1) is 11.6. The second-order valence-corrected chi connectivity index (χ2v) is 4.74. The van der Waals surface area contributed by atoms with E-state index >= 15 is 0 Å². The molecule has 0 saturated carbocycles. The van der Waals surface area contributed by atoms with Crippen LogP contribution in [0.25, 0.3) is 0 Å². The molecule has 4 nitrogen and oxygen atoms in total. The van der Waals surface area contributed by atoms with Crippen LogP contribution in [0.1, 0.15) is 19.4 Å². The zero-order chi connectivity index (χ0) is 12.5. The minimum Gasteiger partial charge on any atom is -0.342 e. The van der Waals surface area contributed by atoms with Crippen molar-refractivity contribution >= 4 is 11.9 Å². The van der Waals surface area contributed by atoms with E-state index in [0.717, 1.165) is 5.56 Å². The Morgan fingerprint density at radius 2 is 1.94 bits per heavy atom. The molecule has 0 aliphatic carbocycles. The van der Waals surface area contributed by atoms with Crippen molar-refractivity contribution in [3.63, 3.8) is 0 Å². The maximum Gasteiger partial charge on any atom is 0.254 e. The highest BCUT2D eigenvalue weighted by molar-refractivity contribution is 6.08. The molecule has 90 valence electrons. The van der Waals surface area contributed by atoms with Crippen LogP contribution in [-0.2, 0) is 11.3 Å². The number of hydrogen-bond donors (Lipinski definition) is 1. The number of carbonyl (C=O) groups excluding carboxylic acids is 1. The lowest BCUT2D eigenvalue weighted by molar-refractivity contribution is -0.129. The molecule has 0 atom stereocenters. The molecule has 0 unspecified atom stereocenters. The molecule has 0 aromatic heterocycles. The van der Waals surface area contributed by atoms with Crippen molar-refractivity contribution in [1.82, 2.24) is 10.2 Å². The Hall–Kier alpha value is -1.84. The Morgan fingerprint density at radius 3 is 2.47 bits per heavy atom. The van der Waals surface area contributed by atoms with Gasteiger partial charge >= 0.3 is 0 Å². The molecule has 1 aliphatic rings. The number of likely N-dealkylation sites (N-methyl/N-ethyl adjacent to an activating group) is 1. The van der Waals surface area contributed by atoms with Gasteiger partial charge in [-0.15, -0.1) is 0 Å². The number of carbonyl (C=O) groups is 1. The van der Waals surface area contributed by atoms with Crippen LogP contribution in [0, 0.1) is 0 Å². The van der Waals surface area contributed by atoms with E-state index in [0.29, 0.717) is 12.5 Å². The summed E-state index contributed by atoms with van der Waals surface area (Å²) in [5.74, 6) is 0.688. The third-order valence-electron chi connectivity index (χ3n) is 2.84. The number of rotatable bonds is 2. The molecule has 0 bridgehead atoms. The first-order valence-corrected chi connectivity index (χ1v) is 5.65. The summed E-state index contributed by atoms with van der Waals surface area (Å²) >= 11 is 0. The minimum absolute atomic E-state index is 0.0457. The van der Waals surface area contributed by atoms with Gasteiger partial charge in [0.15, 0.2) is 0 Å². The summed E-state index contributed by atoms with van der Waals surface area (Å²) in [6, 6.07) is 9.98. The Bertz CT molecular complexity index is 451. The minimum atomic E-state index is -0.551.